The third-order valence-corrected chi connectivity index (χ3v) is 5.63. The average molecular weight is 374 g/mol. The first kappa shape index (κ1) is 20.3. The Morgan fingerprint density at radius 3 is 2.27 bits per heavy atom. The maximum Gasteiger partial charge on any atom is 0.225 e. The second-order valence-electron chi connectivity index (χ2n) is 7.42. The molecule has 2 rings (SSSR count). The standard InChI is InChI=1S/C21H27NO3S/c1-15(22-20(24)21(2,3)4)17-12-8-9-13-19(17)26(25)14-18(23)16-10-6-5-7-11-16/h5-13,15,18,23H,14H2,1-4H3,(H,22,24)/t15-,18+,26?/m1/s1. The van der Waals surface area contributed by atoms with Crippen LogP contribution in [0.15, 0.2) is 59.5 Å². The van der Waals surface area contributed by atoms with E-state index in [0.29, 0.717) is 4.90 Å². The van der Waals surface area contributed by atoms with Gasteiger partial charge < -0.3 is 10.4 Å². The minimum atomic E-state index is -1.38. The predicted octanol–water partition coefficient (Wildman–Crippen LogP) is 3.75. The van der Waals surface area contributed by atoms with Gasteiger partial charge in [0.15, 0.2) is 0 Å². The Hall–Kier alpha value is -1.98. The molecule has 4 nitrogen and oxygen atoms in total. The number of carbonyl (C=O) groups is 1. The van der Waals surface area contributed by atoms with E-state index in [-0.39, 0.29) is 17.7 Å². The number of carbonyl (C=O) groups excluding carboxylic acids is 1. The molecule has 26 heavy (non-hydrogen) atoms. The van der Waals surface area contributed by atoms with Crippen molar-refractivity contribution in [1.82, 2.24) is 5.32 Å². The Kier molecular flexibility index (Phi) is 6.73. The summed E-state index contributed by atoms with van der Waals surface area (Å²) >= 11 is 0. The predicted molar refractivity (Wildman–Crippen MR) is 105 cm³/mol. The number of hydrogen-bond donors (Lipinski definition) is 2. The number of benzene rings is 2. The summed E-state index contributed by atoms with van der Waals surface area (Å²) in [4.78, 5) is 12.9. The summed E-state index contributed by atoms with van der Waals surface area (Å²) in [6.07, 6.45) is -0.801. The molecule has 0 aliphatic heterocycles. The van der Waals surface area contributed by atoms with Gasteiger partial charge in [-0.05, 0) is 24.1 Å². The molecular formula is C21H27NO3S. The van der Waals surface area contributed by atoms with Gasteiger partial charge in [-0.3, -0.25) is 9.00 Å². The van der Waals surface area contributed by atoms with Crippen molar-refractivity contribution in [3.8, 4) is 0 Å². The van der Waals surface area contributed by atoms with Gasteiger partial charge in [0.25, 0.3) is 0 Å². The lowest BCUT2D eigenvalue weighted by Crippen LogP contribution is -2.36. The van der Waals surface area contributed by atoms with Gasteiger partial charge in [0.2, 0.25) is 5.91 Å². The largest absolute Gasteiger partial charge is 0.387 e. The van der Waals surface area contributed by atoms with Gasteiger partial charge in [-0.2, -0.15) is 0 Å². The van der Waals surface area contributed by atoms with Gasteiger partial charge >= 0.3 is 0 Å². The summed E-state index contributed by atoms with van der Waals surface area (Å²) < 4.78 is 12.9. The quantitative estimate of drug-likeness (QED) is 0.810. The molecule has 1 unspecified atom stereocenters. The Labute approximate surface area is 158 Å². The van der Waals surface area contributed by atoms with Crippen molar-refractivity contribution in [2.45, 2.75) is 44.7 Å². The van der Waals surface area contributed by atoms with Crippen LogP contribution in [-0.2, 0) is 15.6 Å². The Bertz CT molecular complexity index is 768. The monoisotopic (exact) mass is 373 g/mol. The molecule has 0 spiro atoms. The van der Waals surface area contributed by atoms with E-state index in [9.17, 15) is 14.1 Å². The van der Waals surface area contributed by atoms with Crippen LogP contribution in [0.4, 0.5) is 0 Å². The zero-order valence-electron chi connectivity index (χ0n) is 15.7. The third kappa shape index (κ3) is 5.26. The molecule has 5 heteroatoms. The number of aliphatic hydroxyl groups excluding tert-OH is 1. The van der Waals surface area contributed by atoms with E-state index in [2.05, 4.69) is 5.32 Å². The number of hydrogen-bond acceptors (Lipinski definition) is 3. The topological polar surface area (TPSA) is 66.4 Å². The van der Waals surface area contributed by atoms with Crippen molar-refractivity contribution < 1.29 is 14.1 Å². The highest BCUT2D eigenvalue weighted by atomic mass is 32.2. The first-order valence-corrected chi connectivity index (χ1v) is 10.0. The fourth-order valence-corrected chi connectivity index (χ4v) is 3.94. The summed E-state index contributed by atoms with van der Waals surface area (Å²) in [6, 6.07) is 16.3. The highest BCUT2D eigenvalue weighted by molar-refractivity contribution is 7.85. The lowest BCUT2D eigenvalue weighted by Gasteiger charge is -2.23. The van der Waals surface area contributed by atoms with Crippen LogP contribution in [0.2, 0.25) is 0 Å². The summed E-state index contributed by atoms with van der Waals surface area (Å²) in [5.74, 6) is 0.0518. The van der Waals surface area contributed by atoms with Crippen LogP contribution in [0.25, 0.3) is 0 Å². The summed E-state index contributed by atoms with van der Waals surface area (Å²) in [5.41, 5.74) is 1.06. The third-order valence-electron chi connectivity index (χ3n) is 4.15. The molecule has 2 aromatic carbocycles. The molecule has 2 N–H and O–H groups in total. The molecule has 2 aromatic rings. The summed E-state index contributed by atoms with van der Waals surface area (Å²) in [5, 5.41) is 13.4. The van der Waals surface area contributed by atoms with E-state index in [1.165, 1.54) is 0 Å². The Morgan fingerprint density at radius 2 is 1.65 bits per heavy atom. The first-order chi connectivity index (χ1) is 12.2. The lowest BCUT2D eigenvalue weighted by molar-refractivity contribution is -0.129. The minimum absolute atomic E-state index is 0.0603. The summed E-state index contributed by atoms with van der Waals surface area (Å²) in [6.45, 7) is 7.45. The highest BCUT2D eigenvalue weighted by Gasteiger charge is 2.25. The van der Waals surface area contributed by atoms with Crippen LogP contribution in [0.5, 0.6) is 0 Å². The van der Waals surface area contributed by atoms with Crippen molar-refractivity contribution in [2.24, 2.45) is 5.41 Å². The molecule has 0 radical (unpaired) electrons. The number of amides is 1. The van der Waals surface area contributed by atoms with E-state index in [1.54, 1.807) is 6.07 Å². The maximum absolute atomic E-state index is 12.9. The van der Waals surface area contributed by atoms with E-state index >= 15 is 0 Å². The zero-order valence-corrected chi connectivity index (χ0v) is 16.5. The van der Waals surface area contributed by atoms with Crippen molar-refractivity contribution in [3.05, 3.63) is 65.7 Å². The second-order valence-corrected chi connectivity index (χ2v) is 8.89. The lowest BCUT2D eigenvalue weighted by atomic mass is 9.94. The number of nitrogens with one attached hydrogen (secondary N) is 1. The molecular weight excluding hydrogens is 346 g/mol. The summed E-state index contributed by atoms with van der Waals surface area (Å²) in [7, 11) is -1.38. The van der Waals surface area contributed by atoms with E-state index < -0.39 is 22.3 Å². The fourth-order valence-electron chi connectivity index (χ4n) is 2.54. The van der Waals surface area contributed by atoms with Crippen LogP contribution >= 0.6 is 0 Å². The van der Waals surface area contributed by atoms with Crippen LogP contribution in [0.1, 0.15) is 51.0 Å². The molecule has 0 aromatic heterocycles. The smallest absolute Gasteiger partial charge is 0.225 e. The molecule has 140 valence electrons. The van der Waals surface area contributed by atoms with Crippen LogP contribution < -0.4 is 5.32 Å². The number of rotatable bonds is 6. The molecule has 1 amide bonds. The molecule has 3 atom stereocenters. The van der Waals surface area contributed by atoms with Gasteiger partial charge in [0.1, 0.15) is 0 Å². The molecule has 0 aliphatic carbocycles. The fraction of sp³-hybridized carbons (Fsp3) is 0.381. The van der Waals surface area contributed by atoms with Gasteiger partial charge in [-0.1, -0.05) is 69.3 Å². The van der Waals surface area contributed by atoms with E-state index in [4.69, 9.17) is 0 Å². The van der Waals surface area contributed by atoms with Crippen LogP contribution in [-0.4, -0.2) is 21.0 Å². The molecule has 0 bridgehead atoms. The van der Waals surface area contributed by atoms with Crippen molar-refractivity contribution in [3.63, 3.8) is 0 Å². The van der Waals surface area contributed by atoms with Gasteiger partial charge in [-0.25, -0.2) is 0 Å². The first-order valence-electron chi connectivity index (χ1n) is 8.71. The van der Waals surface area contributed by atoms with Gasteiger partial charge in [0.05, 0.1) is 28.7 Å². The van der Waals surface area contributed by atoms with Crippen molar-refractivity contribution in [2.75, 3.05) is 5.75 Å². The maximum atomic E-state index is 12.9. The highest BCUT2D eigenvalue weighted by Crippen LogP contribution is 2.25. The Balaban J connectivity index is 2.17. The van der Waals surface area contributed by atoms with Gasteiger partial charge in [0, 0.05) is 10.3 Å². The van der Waals surface area contributed by atoms with Crippen molar-refractivity contribution in [1.29, 1.82) is 0 Å². The molecule has 0 heterocycles. The van der Waals surface area contributed by atoms with E-state index in [0.717, 1.165) is 11.1 Å². The molecule has 0 fully saturated rings. The Morgan fingerprint density at radius 1 is 1.08 bits per heavy atom. The SMILES string of the molecule is C[C@@H](NC(=O)C(C)(C)C)c1ccccc1S(=O)C[C@H](O)c1ccccc1. The van der Waals surface area contributed by atoms with Crippen LogP contribution in [0, 0.1) is 5.41 Å². The number of aliphatic hydroxyl groups is 1. The second kappa shape index (κ2) is 8.60. The molecule has 0 saturated carbocycles. The zero-order chi connectivity index (χ0) is 19.3. The average Bonchev–Trinajstić information content (AvgIpc) is 2.61. The van der Waals surface area contributed by atoms with Crippen LogP contribution in [0.3, 0.4) is 0 Å². The van der Waals surface area contributed by atoms with Crippen molar-refractivity contribution >= 4 is 16.7 Å². The molecule has 0 aliphatic rings. The normalized spacial score (nSPS) is 15.1. The molecule has 0 saturated heterocycles. The van der Waals surface area contributed by atoms with E-state index in [1.807, 2.05) is 76.2 Å². The minimum Gasteiger partial charge on any atom is -0.387 e. The van der Waals surface area contributed by atoms with Gasteiger partial charge in [-0.15, -0.1) is 0 Å².